The zero-order chi connectivity index (χ0) is 6.85. The zero-order valence-electron chi connectivity index (χ0n) is 4.67. The van der Waals surface area contributed by atoms with Gasteiger partial charge in [-0.2, -0.15) is 5.26 Å². The largest absolute Gasteiger partial charge is 0.237 e. The molecule has 46 valence electrons. The molecule has 0 aliphatic heterocycles. The lowest BCUT2D eigenvalue weighted by molar-refractivity contribution is 0.707. The van der Waals surface area contributed by atoms with Crippen molar-refractivity contribution in [1.82, 2.24) is 15.0 Å². The number of rotatable bonds is 0. The van der Waals surface area contributed by atoms with Crippen LogP contribution in [-0.2, 0) is 7.05 Å². The van der Waals surface area contributed by atoms with Gasteiger partial charge in [-0.05, 0) is 22.6 Å². The smallest absolute Gasteiger partial charge is 0.172 e. The van der Waals surface area contributed by atoms with Gasteiger partial charge in [-0.1, -0.05) is 5.21 Å². The predicted octanol–water partition coefficient (Wildman–Crippen LogP) is 0.291. The molecule has 0 saturated heterocycles. The van der Waals surface area contributed by atoms with Crippen LogP contribution in [0.5, 0.6) is 0 Å². The molecule has 0 N–H and O–H groups in total. The Morgan fingerprint density at radius 3 is 2.67 bits per heavy atom. The molecule has 0 aromatic carbocycles. The van der Waals surface area contributed by atoms with Gasteiger partial charge in [0.1, 0.15) is 6.07 Å². The van der Waals surface area contributed by atoms with Crippen molar-refractivity contribution in [3.63, 3.8) is 0 Å². The molecule has 0 amide bonds. The molecule has 4 nitrogen and oxygen atoms in total. The minimum atomic E-state index is 0.510. The Morgan fingerprint density at radius 2 is 2.44 bits per heavy atom. The second-order valence-electron chi connectivity index (χ2n) is 1.46. The van der Waals surface area contributed by atoms with Gasteiger partial charge in [-0.15, -0.1) is 5.10 Å². The van der Waals surface area contributed by atoms with E-state index >= 15 is 0 Å². The van der Waals surface area contributed by atoms with Gasteiger partial charge in [-0.3, -0.25) is 0 Å². The molecule has 1 rings (SSSR count). The lowest BCUT2D eigenvalue weighted by Crippen LogP contribution is -1.93. The van der Waals surface area contributed by atoms with Crippen LogP contribution in [0.25, 0.3) is 0 Å². The van der Waals surface area contributed by atoms with Gasteiger partial charge in [0.05, 0.1) is 0 Å². The van der Waals surface area contributed by atoms with E-state index in [9.17, 15) is 0 Å². The molecule has 9 heavy (non-hydrogen) atoms. The molecule has 0 radical (unpaired) electrons. The van der Waals surface area contributed by atoms with Gasteiger partial charge >= 0.3 is 0 Å². The van der Waals surface area contributed by atoms with Crippen molar-refractivity contribution in [2.24, 2.45) is 7.05 Å². The molecule has 5 heteroatoms. The third kappa shape index (κ3) is 1.03. The molecular formula is C4H3IN4. The maximum atomic E-state index is 8.43. The van der Waals surface area contributed by atoms with E-state index in [4.69, 9.17) is 5.26 Å². The zero-order valence-corrected chi connectivity index (χ0v) is 6.82. The summed E-state index contributed by atoms with van der Waals surface area (Å²) < 4.78 is 2.10. The van der Waals surface area contributed by atoms with Gasteiger partial charge < -0.3 is 0 Å². The summed E-state index contributed by atoms with van der Waals surface area (Å²) >= 11 is 1.96. The van der Waals surface area contributed by atoms with Crippen LogP contribution in [0.2, 0.25) is 0 Å². The van der Waals surface area contributed by atoms with Crippen LogP contribution in [0.4, 0.5) is 0 Å². The van der Waals surface area contributed by atoms with Crippen molar-refractivity contribution < 1.29 is 0 Å². The average molecular weight is 234 g/mol. The van der Waals surface area contributed by atoms with E-state index in [1.807, 2.05) is 28.7 Å². The fourth-order valence-corrected chi connectivity index (χ4v) is 1.02. The van der Waals surface area contributed by atoms with Crippen molar-refractivity contribution in [3.05, 3.63) is 9.39 Å². The standard InChI is InChI=1S/C4H3IN4/c1-9-3(2-6)4(5)7-8-9/h1H3. The highest BCUT2D eigenvalue weighted by Crippen LogP contribution is 2.03. The van der Waals surface area contributed by atoms with E-state index in [0.717, 1.165) is 0 Å². The first-order valence-electron chi connectivity index (χ1n) is 2.21. The molecule has 0 aliphatic carbocycles. The van der Waals surface area contributed by atoms with E-state index in [-0.39, 0.29) is 0 Å². The van der Waals surface area contributed by atoms with Crippen LogP contribution in [0.3, 0.4) is 0 Å². The summed E-state index contributed by atoms with van der Waals surface area (Å²) in [5.41, 5.74) is 0.510. The fourth-order valence-electron chi connectivity index (χ4n) is 0.450. The SMILES string of the molecule is Cn1nnc(I)c1C#N. The van der Waals surface area contributed by atoms with Crippen LogP contribution in [0.1, 0.15) is 5.69 Å². The summed E-state index contributed by atoms with van der Waals surface area (Å²) in [6.45, 7) is 0. The lowest BCUT2D eigenvalue weighted by atomic mass is 10.5. The highest BCUT2D eigenvalue weighted by Gasteiger charge is 2.03. The van der Waals surface area contributed by atoms with Crippen molar-refractivity contribution in [2.75, 3.05) is 0 Å². The summed E-state index contributed by atoms with van der Waals surface area (Å²) in [5, 5.41) is 15.7. The van der Waals surface area contributed by atoms with E-state index in [2.05, 4.69) is 10.3 Å². The summed E-state index contributed by atoms with van der Waals surface area (Å²) in [7, 11) is 1.69. The van der Waals surface area contributed by atoms with Crippen molar-refractivity contribution in [1.29, 1.82) is 5.26 Å². The highest BCUT2D eigenvalue weighted by atomic mass is 127. The third-order valence-electron chi connectivity index (χ3n) is 0.892. The Balaban J connectivity index is 3.27. The number of hydrogen-bond acceptors (Lipinski definition) is 3. The maximum Gasteiger partial charge on any atom is 0.172 e. The number of nitrogens with zero attached hydrogens (tertiary/aromatic N) is 4. The minimum Gasteiger partial charge on any atom is -0.237 e. The monoisotopic (exact) mass is 234 g/mol. The van der Waals surface area contributed by atoms with Gasteiger partial charge in [0.2, 0.25) is 0 Å². The first-order chi connectivity index (χ1) is 4.25. The first-order valence-corrected chi connectivity index (χ1v) is 3.29. The molecule has 1 aromatic rings. The van der Waals surface area contributed by atoms with Crippen molar-refractivity contribution in [2.45, 2.75) is 0 Å². The number of halogens is 1. The second-order valence-corrected chi connectivity index (χ2v) is 2.49. The molecule has 0 unspecified atom stereocenters. The first kappa shape index (κ1) is 6.48. The summed E-state index contributed by atoms with van der Waals surface area (Å²) in [6, 6.07) is 1.97. The Bertz CT molecular complexity index is 239. The topological polar surface area (TPSA) is 54.5 Å². The lowest BCUT2D eigenvalue weighted by Gasteiger charge is -1.83. The summed E-state index contributed by atoms with van der Waals surface area (Å²) in [5.74, 6) is 0. The molecule has 1 heterocycles. The molecule has 0 spiro atoms. The van der Waals surface area contributed by atoms with Crippen LogP contribution < -0.4 is 0 Å². The summed E-state index contributed by atoms with van der Waals surface area (Å²) in [6.07, 6.45) is 0. The molecule has 0 fully saturated rings. The Kier molecular flexibility index (Phi) is 1.66. The molecule has 0 aliphatic rings. The number of hydrogen-bond donors (Lipinski definition) is 0. The van der Waals surface area contributed by atoms with Crippen LogP contribution >= 0.6 is 22.6 Å². The van der Waals surface area contributed by atoms with Crippen LogP contribution in [0.15, 0.2) is 0 Å². The van der Waals surface area contributed by atoms with Crippen LogP contribution in [-0.4, -0.2) is 15.0 Å². The molecule has 0 saturated carbocycles. The quantitative estimate of drug-likeness (QED) is 0.606. The Labute approximate surface area is 65.6 Å². The van der Waals surface area contributed by atoms with E-state index in [1.54, 1.807) is 7.05 Å². The minimum absolute atomic E-state index is 0.510. The Morgan fingerprint density at radius 1 is 1.78 bits per heavy atom. The number of aryl methyl sites for hydroxylation is 1. The van der Waals surface area contributed by atoms with E-state index in [0.29, 0.717) is 9.39 Å². The van der Waals surface area contributed by atoms with Gasteiger partial charge in [-0.25, -0.2) is 4.68 Å². The second kappa shape index (κ2) is 2.31. The molecule has 0 bridgehead atoms. The van der Waals surface area contributed by atoms with Crippen molar-refractivity contribution in [3.8, 4) is 6.07 Å². The summed E-state index contributed by atoms with van der Waals surface area (Å²) in [4.78, 5) is 0. The molecule has 0 atom stereocenters. The van der Waals surface area contributed by atoms with E-state index < -0.39 is 0 Å². The Hall–Kier alpha value is -0.640. The number of nitriles is 1. The highest BCUT2D eigenvalue weighted by molar-refractivity contribution is 14.1. The van der Waals surface area contributed by atoms with Crippen molar-refractivity contribution >= 4 is 22.6 Å². The predicted molar refractivity (Wildman–Crippen MR) is 38.4 cm³/mol. The van der Waals surface area contributed by atoms with Gasteiger partial charge in [0.15, 0.2) is 9.39 Å². The number of aromatic nitrogens is 3. The van der Waals surface area contributed by atoms with Crippen LogP contribution in [0, 0.1) is 15.0 Å². The van der Waals surface area contributed by atoms with E-state index in [1.165, 1.54) is 4.68 Å². The van der Waals surface area contributed by atoms with Gasteiger partial charge in [0.25, 0.3) is 0 Å². The third-order valence-corrected chi connectivity index (χ3v) is 1.62. The maximum absolute atomic E-state index is 8.43. The fraction of sp³-hybridized carbons (Fsp3) is 0.250. The molecular weight excluding hydrogens is 231 g/mol. The van der Waals surface area contributed by atoms with Gasteiger partial charge in [0, 0.05) is 7.05 Å². The average Bonchev–Trinajstić information content (AvgIpc) is 2.12. The normalized spacial score (nSPS) is 9.00. The molecule has 1 aromatic heterocycles.